The maximum atomic E-state index is 13.0. The molecule has 1 N–H and O–H groups in total. The first-order chi connectivity index (χ1) is 17.2. The molecular weight excluding hydrogens is 519 g/mol. The fraction of sp³-hybridized carbons (Fsp3) is 0.125. The molecule has 4 rings (SSSR count). The molecule has 0 spiro atoms. The highest BCUT2D eigenvalue weighted by Crippen LogP contribution is 2.38. The molecule has 12 heteroatoms. The number of rotatable bonds is 8. The third-order valence-corrected chi connectivity index (χ3v) is 5.46. The van der Waals surface area contributed by atoms with E-state index in [1.54, 1.807) is 36.4 Å². The number of alkyl halides is 2. The van der Waals surface area contributed by atoms with E-state index in [1.807, 2.05) is 24.3 Å². The van der Waals surface area contributed by atoms with Crippen LogP contribution in [0.15, 0.2) is 70.3 Å². The molecule has 0 saturated carbocycles. The molecule has 0 aliphatic rings. The van der Waals surface area contributed by atoms with Gasteiger partial charge in [-0.1, -0.05) is 35.3 Å². The summed E-state index contributed by atoms with van der Waals surface area (Å²) in [7, 11) is 1.60. The molecule has 0 atom stereocenters. The Bertz CT molecular complexity index is 1470. The van der Waals surface area contributed by atoms with Crippen molar-refractivity contribution in [3.63, 3.8) is 0 Å². The van der Waals surface area contributed by atoms with Gasteiger partial charge in [0.2, 0.25) is 0 Å². The Morgan fingerprint density at radius 1 is 0.944 bits per heavy atom. The molecule has 0 radical (unpaired) electrons. The fourth-order valence-corrected chi connectivity index (χ4v) is 3.66. The van der Waals surface area contributed by atoms with E-state index < -0.39 is 23.4 Å². The van der Waals surface area contributed by atoms with Gasteiger partial charge >= 0.3 is 5.69 Å². The van der Waals surface area contributed by atoms with Gasteiger partial charge in [-0.2, -0.15) is 9.78 Å². The summed E-state index contributed by atoms with van der Waals surface area (Å²) in [6, 6.07) is 16.7. The molecule has 36 heavy (non-hydrogen) atoms. The molecule has 0 bridgehead atoms. The number of H-pyrrole nitrogens is 1. The quantitative estimate of drug-likeness (QED) is 0.318. The highest BCUT2D eigenvalue weighted by atomic mass is 35.5. The van der Waals surface area contributed by atoms with Crippen LogP contribution in [0.4, 0.5) is 8.78 Å². The molecule has 0 saturated heterocycles. The number of hydrogen-bond acceptors (Lipinski definition) is 6. The smallest absolute Gasteiger partial charge is 0.349 e. The molecule has 3 aromatic carbocycles. The van der Waals surface area contributed by atoms with Gasteiger partial charge in [0, 0.05) is 0 Å². The van der Waals surface area contributed by atoms with E-state index in [0.29, 0.717) is 22.8 Å². The summed E-state index contributed by atoms with van der Waals surface area (Å²) in [5, 5.41) is 3.39. The van der Waals surface area contributed by atoms with Gasteiger partial charge in [-0.15, -0.1) is 0 Å². The van der Waals surface area contributed by atoms with Gasteiger partial charge in [-0.05, 0) is 54.1 Å². The van der Waals surface area contributed by atoms with Gasteiger partial charge in [-0.3, -0.25) is 9.78 Å². The van der Waals surface area contributed by atoms with E-state index in [1.165, 1.54) is 12.1 Å². The van der Waals surface area contributed by atoms with Crippen molar-refractivity contribution in [2.75, 3.05) is 7.11 Å². The third kappa shape index (κ3) is 5.67. The summed E-state index contributed by atoms with van der Waals surface area (Å²) < 4.78 is 43.3. The maximum absolute atomic E-state index is 13.0. The number of halogens is 4. The zero-order valence-electron chi connectivity index (χ0n) is 18.5. The predicted octanol–water partition coefficient (Wildman–Crippen LogP) is 5.55. The number of nitrogens with zero attached hydrogens (tertiary/aromatic N) is 2. The minimum Gasteiger partial charge on any atom is -0.497 e. The number of hydrogen-bond donors (Lipinski definition) is 1. The molecule has 186 valence electrons. The lowest BCUT2D eigenvalue weighted by atomic mass is 10.2. The molecule has 0 unspecified atom stereocenters. The van der Waals surface area contributed by atoms with E-state index in [2.05, 4.69) is 5.10 Å². The normalized spacial score (nSPS) is 10.9. The standard InChI is InChI=1S/C24H17Cl2F2N3O5/c1-34-15-4-2-13(3-5-15)12-35-16-6-8-17(9-7-16)36-21-18(25)10-14(11-19(21)26)31-24(33)29-23(32)20(30-31)22(27)28/h2-11,22H,12H2,1H3,(H,29,32,33). The molecule has 0 fully saturated rings. The Morgan fingerprint density at radius 2 is 1.53 bits per heavy atom. The van der Waals surface area contributed by atoms with Crippen LogP contribution in [0.25, 0.3) is 5.69 Å². The van der Waals surface area contributed by atoms with Gasteiger partial charge in [-0.25, -0.2) is 13.6 Å². The second-order valence-corrected chi connectivity index (χ2v) is 8.12. The van der Waals surface area contributed by atoms with E-state index in [4.69, 9.17) is 37.4 Å². The minimum absolute atomic E-state index is 0.0178. The highest BCUT2D eigenvalue weighted by molar-refractivity contribution is 6.37. The maximum Gasteiger partial charge on any atom is 0.349 e. The van der Waals surface area contributed by atoms with E-state index in [-0.39, 0.29) is 21.5 Å². The highest BCUT2D eigenvalue weighted by Gasteiger charge is 2.19. The van der Waals surface area contributed by atoms with E-state index >= 15 is 0 Å². The van der Waals surface area contributed by atoms with Gasteiger partial charge in [0.15, 0.2) is 11.4 Å². The SMILES string of the molecule is COc1ccc(COc2ccc(Oc3c(Cl)cc(-n4nc(C(F)F)c(=O)[nH]c4=O)cc3Cl)cc2)cc1. The predicted molar refractivity (Wildman–Crippen MR) is 129 cm³/mol. The van der Waals surface area contributed by atoms with Crippen LogP contribution in [0.3, 0.4) is 0 Å². The van der Waals surface area contributed by atoms with Crippen LogP contribution < -0.4 is 25.5 Å². The summed E-state index contributed by atoms with van der Waals surface area (Å²) in [5.41, 5.74) is -2.50. The molecule has 0 aliphatic carbocycles. The van der Waals surface area contributed by atoms with Gasteiger partial charge in [0.1, 0.15) is 23.9 Å². The second-order valence-electron chi connectivity index (χ2n) is 7.31. The number of nitrogens with one attached hydrogen (secondary N) is 1. The first-order valence-corrected chi connectivity index (χ1v) is 11.1. The van der Waals surface area contributed by atoms with Crippen molar-refractivity contribution < 1.29 is 23.0 Å². The first kappa shape index (κ1) is 25.2. The zero-order chi connectivity index (χ0) is 25.8. The van der Waals surface area contributed by atoms with Crippen LogP contribution in [-0.4, -0.2) is 21.9 Å². The van der Waals surface area contributed by atoms with Crippen LogP contribution in [-0.2, 0) is 6.61 Å². The Balaban J connectivity index is 1.49. The van der Waals surface area contributed by atoms with Gasteiger partial charge in [0.25, 0.3) is 12.0 Å². The van der Waals surface area contributed by atoms with E-state index in [9.17, 15) is 18.4 Å². The summed E-state index contributed by atoms with van der Waals surface area (Å²) in [6.07, 6.45) is -3.18. The number of aromatic amines is 1. The lowest BCUT2D eigenvalue weighted by Gasteiger charge is -2.13. The molecular formula is C24H17Cl2F2N3O5. The Kier molecular flexibility index (Phi) is 7.56. The summed E-state index contributed by atoms with van der Waals surface area (Å²) in [5.74, 6) is 1.82. The summed E-state index contributed by atoms with van der Waals surface area (Å²) in [6.45, 7) is 0.356. The molecule has 1 heterocycles. The molecule has 8 nitrogen and oxygen atoms in total. The van der Waals surface area contributed by atoms with Crippen molar-refractivity contribution in [1.82, 2.24) is 14.8 Å². The molecule has 0 amide bonds. The molecule has 0 aliphatic heterocycles. The topological polar surface area (TPSA) is 95.4 Å². The third-order valence-electron chi connectivity index (χ3n) is 4.90. The van der Waals surface area contributed by atoms with Crippen LogP contribution in [0.1, 0.15) is 17.7 Å². The van der Waals surface area contributed by atoms with Crippen LogP contribution in [0.2, 0.25) is 10.0 Å². The van der Waals surface area contributed by atoms with Gasteiger partial charge in [0.05, 0.1) is 22.8 Å². The molecule has 1 aromatic heterocycles. The van der Waals surface area contributed by atoms with Crippen molar-refractivity contribution in [3.8, 4) is 28.7 Å². The largest absolute Gasteiger partial charge is 0.497 e. The summed E-state index contributed by atoms with van der Waals surface area (Å²) >= 11 is 12.6. The number of benzene rings is 3. The second kappa shape index (κ2) is 10.8. The zero-order valence-corrected chi connectivity index (χ0v) is 20.0. The van der Waals surface area contributed by atoms with Crippen molar-refractivity contribution in [1.29, 1.82) is 0 Å². The fourth-order valence-electron chi connectivity index (χ4n) is 3.11. The van der Waals surface area contributed by atoms with Crippen molar-refractivity contribution >= 4 is 23.2 Å². The lowest BCUT2D eigenvalue weighted by molar-refractivity contribution is 0.141. The summed E-state index contributed by atoms with van der Waals surface area (Å²) in [4.78, 5) is 25.4. The van der Waals surface area contributed by atoms with Crippen molar-refractivity contribution in [3.05, 3.63) is 103 Å². The van der Waals surface area contributed by atoms with Gasteiger partial charge < -0.3 is 14.2 Å². The first-order valence-electron chi connectivity index (χ1n) is 10.3. The van der Waals surface area contributed by atoms with Crippen LogP contribution >= 0.6 is 23.2 Å². The Hall–Kier alpha value is -3.89. The lowest BCUT2D eigenvalue weighted by Crippen LogP contribution is -2.34. The van der Waals surface area contributed by atoms with Crippen LogP contribution in [0, 0.1) is 0 Å². The number of ether oxygens (including phenoxy) is 3. The average Bonchev–Trinajstić information content (AvgIpc) is 2.85. The minimum atomic E-state index is -3.18. The van der Waals surface area contributed by atoms with Crippen molar-refractivity contribution in [2.45, 2.75) is 13.0 Å². The monoisotopic (exact) mass is 535 g/mol. The number of aromatic nitrogens is 3. The van der Waals surface area contributed by atoms with Crippen molar-refractivity contribution in [2.24, 2.45) is 0 Å². The van der Waals surface area contributed by atoms with Crippen LogP contribution in [0.5, 0.6) is 23.0 Å². The Morgan fingerprint density at radius 3 is 2.11 bits per heavy atom. The Labute approximate surface area is 212 Å². The number of methoxy groups -OCH3 is 1. The van der Waals surface area contributed by atoms with E-state index in [0.717, 1.165) is 11.3 Å². The molecule has 4 aromatic rings. The average molecular weight is 536 g/mol.